The molecule has 0 radical (unpaired) electrons. The average Bonchev–Trinajstić information content (AvgIpc) is 2.66. The van der Waals surface area contributed by atoms with Crippen molar-refractivity contribution in [1.29, 1.82) is 0 Å². The summed E-state index contributed by atoms with van der Waals surface area (Å²) in [5.41, 5.74) is 4.22. The molecule has 1 saturated carbocycles. The minimum Gasteiger partial charge on any atom is -0.324 e. The Kier molecular flexibility index (Phi) is 6.10. The van der Waals surface area contributed by atoms with Crippen molar-refractivity contribution in [2.45, 2.75) is 58.0 Å². The molecule has 2 aromatic rings. The molecule has 0 bridgehead atoms. The van der Waals surface area contributed by atoms with Gasteiger partial charge < -0.3 is 5.32 Å². The van der Waals surface area contributed by atoms with Crippen LogP contribution in [0.3, 0.4) is 0 Å². The SMILES string of the molecule is Cc1ccc(C)c(NC(=O)[C@@H](c2ccccc2)N(C)C2CCCCC2)c1. The highest BCUT2D eigenvalue weighted by molar-refractivity contribution is 5.96. The number of nitrogens with one attached hydrogen (secondary N) is 1. The average molecular weight is 351 g/mol. The number of likely N-dealkylation sites (N-methyl/N-ethyl adjacent to an activating group) is 1. The first kappa shape index (κ1) is 18.7. The number of nitrogens with zero attached hydrogens (tertiary/aromatic N) is 1. The van der Waals surface area contributed by atoms with Gasteiger partial charge in [-0.1, -0.05) is 61.7 Å². The molecule has 1 atom stereocenters. The number of anilines is 1. The van der Waals surface area contributed by atoms with Crippen LogP contribution in [0.5, 0.6) is 0 Å². The molecule has 1 fully saturated rings. The van der Waals surface area contributed by atoms with Gasteiger partial charge in [0.05, 0.1) is 0 Å². The Morgan fingerprint density at radius 2 is 1.73 bits per heavy atom. The molecule has 26 heavy (non-hydrogen) atoms. The van der Waals surface area contributed by atoms with Gasteiger partial charge in [-0.2, -0.15) is 0 Å². The molecule has 0 unspecified atom stereocenters. The maximum Gasteiger partial charge on any atom is 0.246 e. The van der Waals surface area contributed by atoms with E-state index in [0.29, 0.717) is 6.04 Å². The Morgan fingerprint density at radius 1 is 1.04 bits per heavy atom. The highest BCUT2D eigenvalue weighted by atomic mass is 16.2. The largest absolute Gasteiger partial charge is 0.324 e. The van der Waals surface area contributed by atoms with Crippen molar-refractivity contribution in [3.63, 3.8) is 0 Å². The maximum absolute atomic E-state index is 13.3. The van der Waals surface area contributed by atoms with Crippen molar-refractivity contribution in [3.8, 4) is 0 Å². The second-order valence-corrected chi connectivity index (χ2v) is 7.58. The quantitative estimate of drug-likeness (QED) is 0.799. The van der Waals surface area contributed by atoms with Gasteiger partial charge in [0, 0.05) is 11.7 Å². The molecule has 0 spiro atoms. The van der Waals surface area contributed by atoms with Crippen molar-refractivity contribution in [3.05, 3.63) is 65.2 Å². The number of carbonyl (C=O) groups excluding carboxylic acids is 1. The van der Waals surface area contributed by atoms with E-state index in [1.807, 2.05) is 25.1 Å². The molecule has 1 N–H and O–H groups in total. The summed E-state index contributed by atoms with van der Waals surface area (Å²) in [5, 5.41) is 3.19. The van der Waals surface area contributed by atoms with Crippen LogP contribution in [0.2, 0.25) is 0 Å². The number of hydrogen-bond donors (Lipinski definition) is 1. The molecule has 3 heteroatoms. The number of aryl methyl sites for hydroxylation is 2. The van der Waals surface area contributed by atoms with E-state index in [4.69, 9.17) is 0 Å². The van der Waals surface area contributed by atoms with E-state index in [0.717, 1.165) is 22.4 Å². The minimum absolute atomic E-state index is 0.0537. The fourth-order valence-corrected chi connectivity index (χ4v) is 3.98. The molecule has 3 nitrogen and oxygen atoms in total. The number of rotatable bonds is 5. The monoisotopic (exact) mass is 350 g/mol. The molecule has 0 saturated heterocycles. The second kappa shape index (κ2) is 8.50. The third-order valence-electron chi connectivity index (χ3n) is 5.57. The van der Waals surface area contributed by atoms with E-state index in [2.05, 4.69) is 54.5 Å². The standard InChI is InChI=1S/C23H30N2O/c1-17-14-15-18(2)21(16-17)24-23(26)22(19-10-6-4-7-11-19)25(3)20-12-8-5-9-13-20/h4,6-7,10-11,14-16,20,22H,5,8-9,12-13H2,1-3H3,(H,24,26)/t22-/m1/s1. The maximum atomic E-state index is 13.3. The summed E-state index contributed by atoms with van der Waals surface area (Å²) in [5.74, 6) is 0.0537. The summed E-state index contributed by atoms with van der Waals surface area (Å²) < 4.78 is 0. The second-order valence-electron chi connectivity index (χ2n) is 7.58. The van der Waals surface area contributed by atoms with Gasteiger partial charge in [0.1, 0.15) is 6.04 Å². The lowest BCUT2D eigenvalue weighted by molar-refractivity contribution is -0.122. The molecular weight excluding hydrogens is 320 g/mol. The van der Waals surface area contributed by atoms with E-state index in [1.54, 1.807) is 0 Å². The topological polar surface area (TPSA) is 32.3 Å². The summed E-state index contributed by atoms with van der Waals surface area (Å²) in [7, 11) is 2.11. The van der Waals surface area contributed by atoms with Crippen LogP contribution in [-0.4, -0.2) is 23.9 Å². The van der Waals surface area contributed by atoms with E-state index in [-0.39, 0.29) is 11.9 Å². The highest BCUT2D eigenvalue weighted by Crippen LogP contribution is 2.30. The fourth-order valence-electron chi connectivity index (χ4n) is 3.98. The number of carbonyl (C=O) groups is 1. The summed E-state index contributed by atoms with van der Waals surface area (Å²) in [6.45, 7) is 4.09. The Bertz CT molecular complexity index is 735. The third kappa shape index (κ3) is 4.34. The Balaban J connectivity index is 1.87. The normalized spacial score (nSPS) is 16.5. The smallest absolute Gasteiger partial charge is 0.246 e. The van der Waals surface area contributed by atoms with Gasteiger partial charge in [-0.25, -0.2) is 0 Å². The molecular formula is C23H30N2O. The predicted octanol–water partition coefficient (Wildman–Crippen LogP) is 5.25. The molecule has 0 heterocycles. The van der Waals surface area contributed by atoms with Gasteiger partial charge in [0.2, 0.25) is 5.91 Å². The van der Waals surface area contributed by atoms with Crippen molar-refractivity contribution in [1.82, 2.24) is 4.90 Å². The zero-order valence-electron chi connectivity index (χ0n) is 16.2. The lowest BCUT2D eigenvalue weighted by Crippen LogP contribution is -2.42. The number of amides is 1. The van der Waals surface area contributed by atoms with E-state index in [9.17, 15) is 4.79 Å². The first-order valence-corrected chi connectivity index (χ1v) is 9.71. The van der Waals surface area contributed by atoms with Gasteiger partial charge in [-0.05, 0) is 56.5 Å². The number of hydrogen-bond acceptors (Lipinski definition) is 2. The van der Waals surface area contributed by atoms with E-state index < -0.39 is 0 Å². The van der Waals surface area contributed by atoms with Gasteiger partial charge in [-0.3, -0.25) is 9.69 Å². The van der Waals surface area contributed by atoms with Gasteiger partial charge in [0.25, 0.3) is 0 Å². The molecule has 0 aromatic heterocycles. The van der Waals surface area contributed by atoms with E-state index in [1.165, 1.54) is 32.1 Å². The van der Waals surface area contributed by atoms with Crippen LogP contribution >= 0.6 is 0 Å². The van der Waals surface area contributed by atoms with Crippen molar-refractivity contribution in [2.24, 2.45) is 0 Å². The van der Waals surface area contributed by atoms with Crippen LogP contribution < -0.4 is 5.32 Å². The first-order valence-electron chi connectivity index (χ1n) is 9.71. The molecule has 1 aliphatic carbocycles. The summed E-state index contributed by atoms with van der Waals surface area (Å²) >= 11 is 0. The van der Waals surface area contributed by atoms with Gasteiger partial charge in [-0.15, -0.1) is 0 Å². The van der Waals surface area contributed by atoms with Crippen LogP contribution in [0.25, 0.3) is 0 Å². The van der Waals surface area contributed by atoms with Crippen LogP contribution in [0.4, 0.5) is 5.69 Å². The zero-order valence-corrected chi connectivity index (χ0v) is 16.2. The molecule has 3 rings (SSSR count). The summed E-state index contributed by atoms with van der Waals surface area (Å²) in [4.78, 5) is 15.6. The van der Waals surface area contributed by atoms with E-state index >= 15 is 0 Å². The summed E-state index contributed by atoms with van der Waals surface area (Å²) in [6, 6.07) is 16.6. The zero-order chi connectivity index (χ0) is 18.5. The molecule has 138 valence electrons. The first-order chi connectivity index (χ1) is 12.6. The predicted molar refractivity (Wildman–Crippen MR) is 108 cm³/mol. The van der Waals surface area contributed by atoms with Crippen LogP contribution in [-0.2, 0) is 4.79 Å². The Hall–Kier alpha value is -2.13. The Morgan fingerprint density at radius 3 is 2.42 bits per heavy atom. The molecule has 1 aliphatic rings. The lowest BCUT2D eigenvalue weighted by atomic mass is 9.92. The van der Waals surface area contributed by atoms with Crippen molar-refractivity contribution >= 4 is 11.6 Å². The van der Waals surface area contributed by atoms with Crippen LogP contribution in [0, 0.1) is 13.8 Å². The fraction of sp³-hybridized carbons (Fsp3) is 0.435. The van der Waals surface area contributed by atoms with Gasteiger partial charge >= 0.3 is 0 Å². The molecule has 0 aliphatic heterocycles. The lowest BCUT2D eigenvalue weighted by Gasteiger charge is -2.36. The van der Waals surface area contributed by atoms with Crippen molar-refractivity contribution < 1.29 is 4.79 Å². The Labute approximate surface area is 157 Å². The molecule has 2 aromatic carbocycles. The van der Waals surface area contributed by atoms with Gasteiger partial charge in [0.15, 0.2) is 0 Å². The minimum atomic E-state index is -0.265. The van der Waals surface area contributed by atoms with Crippen molar-refractivity contribution in [2.75, 3.05) is 12.4 Å². The van der Waals surface area contributed by atoms with Crippen LogP contribution in [0.1, 0.15) is 54.8 Å². The van der Waals surface area contributed by atoms with Crippen LogP contribution in [0.15, 0.2) is 48.5 Å². The molecule has 1 amide bonds. The highest BCUT2D eigenvalue weighted by Gasteiger charge is 2.31. The summed E-state index contributed by atoms with van der Waals surface area (Å²) in [6.07, 6.45) is 6.19. The number of benzene rings is 2. The third-order valence-corrected chi connectivity index (χ3v) is 5.57.